The normalized spacial score (nSPS) is 8.50. The molecule has 0 aliphatic heterocycles. The van der Waals surface area contributed by atoms with E-state index in [0.29, 0.717) is 0 Å². The first-order valence-corrected chi connectivity index (χ1v) is 4.69. The second-order valence-corrected chi connectivity index (χ2v) is 2.65. The molecule has 0 unspecified atom stereocenters. The van der Waals surface area contributed by atoms with Gasteiger partial charge in [-0.1, -0.05) is 45.5 Å². The minimum Gasteiger partial charge on any atom is -0.253 e. The Labute approximate surface area is 86.8 Å². The van der Waals surface area contributed by atoms with Crippen molar-refractivity contribution in [1.82, 2.24) is 4.98 Å². The van der Waals surface area contributed by atoms with E-state index in [1.54, 1.807) is 0 Å². The van der Waals surface area contributed by atoms with Gasteiger partial charge in [0.05, 0.1) is 5.52 Å². The third-order valence-electron chi connectivity index (χ3n) is 1.74. The Balaban J connectivity index is 0.000000531. The van der Waals surface area contributed by atoms with Gasteiger partial charge in [-0.25, -0.2) is 0 Å². The first-order valence-electron chi connectivity index (χ1n) is 4.69. The number of aromatic nitrogens is 1. The lowest BCUT2D eigenvalue weighted by Crippen LogP contribution is -1.80. The Morgan fingerprint density at radius 2 is 1.57 bits per heavy atom. The molecule has 1 heteroatoms. The van der Waals surface area contributed by atoms with Crippen molar-refractivity contribution in [2.24, 2.45) is 0 Å². The van der Waals surface area contributed by atoms with E-state index in [2.05, 4.69) is 17.1 Å². The molecule has 0 spiro atoms. The van der Waals surface area contributed by atoms with Crippen molar-refractivity contribution >= 4 is 10.9 Å². The van der Waals surface area contributed by atoms with Gasteiger partial charge in [-0.05, 0) is 19.1 Å². The van der Waals surface area contributed by atoms with Crippen LogP contribution in [0, 0.1) is 6.92 Å². The first kappa shape index (κ1) is 12.6. The van der Waals surface area contributed by atoms with Gasteiger partial charge in [0.25, 0.3) is 0 Å². The lowest BCUT2D eigenvalue weighted by Gasteiger charge is -1.95. The number of hydrogen-bond donors (Lipinski definition) is 0. The average molecular weight is 189 g/mol. The Kier molecular flexibility index (Phi) is 5.54. The topological polar surface area (TPSA) is 12.9 Å². The van der Waals surface area contributed by atoms with E-state index in [9.17, 15) is 0 Å². The summed E-state index contributed by atoms with van der Waals surface area (Å²) in [5.74, 6) is 0. The molecule has 0 saturated carbocycles. The van der Waals surface area contributed by atoms with E-state index in [0.717, 1.165) is 11.2 Å². The van der Waals surface area contributed by atoms with E-state index in [1.807, 2.05) is 45.0 Å². The molecule has 0 bridgehead atoms. The Morgan fingerprint density at radius 1 is 0.929 bits per heavy atom. The summed E-state index contributed by atoms with van der Waals surface area (Å²) in [6.07, 6.45) is 0. The highest BCUT2D eigenvalue weighted by Gasteiger charge is 1.90. The molecule has 1 heterocycles. The Bertz CT molecular complexity index is 380. The summed E-state index contributed by atoms with van der Waals surface area (Å²) in [6.45, 7) is 6.01. The molecule has 2 aromatic rings. The van der Waals surface area contributed by atoms with Gasteiger partial charge in [-0.3, -0.25) is 4.98 Å². The molecule has 0 amide bonds. The van der Waals surface area contributed by atoms with Gasteiger partial charge in [0.1, 0.15) is 0 Å². The number of hydrogen-bond acceptors (Lipinski definition) is 1. The predicted octanol–water partition coefficient (Wildman–Crippen LogP) is 4.21. The van der Waals surface area contributed by atoms with Gasteiger partial charge in [0, 0.05) is 11.1 Å². The van der Waals surface area contributed by atoms with E-state index >= 15 is 0 Å². The molecule has 0 fully saturated rings. The van der Waals surface area contributed by atoms with Crippen LogP contribution >= 0.6 is 0 Å². The van der Waals surface area contributed by atoms with Crippen LogP contribution in [-0.4, -0.2) is 4.98 Å². The molecule has 1 nitrogen and oxygen atoms in total. The third-order valence-corrected chi connectivity index (χ3v) is 1.74. The van der Waals surface area contributed by atoms with Crippen LogP contribution in [-0.2, 0) is 0 Å². The van der Waals surface area contributed by atoms with E-state index in [-0.39, 0.29) is 7.43 Å². The molecule has 1 aromatic heterocycles. The monoisotopic (exact) mass is 189 g/mol. The highest BCUT2D eigenvalue weighted by atomic mass is 14.7. The summed E-state index contributed by atoms with van der Waals surface area (Å²) in [6, 6.07) is 12.3. The minimum absolute atomic E-state index is 0. The standard InChI is InChI=1S/C10H9N.C2H6.CH4/c1-8-6-7-9-4-2-3-5-10(9)11-8;1-2;/h2-7H,1H3;1-2H3;1H4. The van der Waals surface area contributed by atoms with E-state index in [4.69, 9.17) is 0 Å². The predicted molar refractivity (Wildman–Crippen MR) is 64.6 cm³/mol. The van der Waals surface area contributed by atoms with Crippen molar-refractivity contribution in [1.29, 1.82) is 0 Å². The fraction of sp³-hybridized carbons (Fsp3) is 0.308. The van der Waals surface area contributed by atoms with Crippen LogP contribution in [0.3, 0.4) is 0 Å². The highest BCUT2D eigenvalue weighted by molar-refractivity contribution is 5.78. The lowest BCUT2D eigenvalue weighted by atomic mass is 10.2. The average Bonchev–Trinajstić information content (AvgIpc) is 2.21. The SMILES string of the molecule is C.CC.Cc1ccc2ccccc2n1. The molecule has 0 aliphatic carbocycles. The van der Waals surface area contributed by atoms with Gasteiger partial charge in [0.2, 0.25) is 0 Å². The number of benzene rings is 1. The fourth-order valence-electron chi connectivity index (χ4n) is 1.17. The maximum atomic E-state index is 4.38. The maximum absolute atomic E-state index is 4.38. The number of aryl methyl sites for hydroxylation is 1. The molecule has 76 valence electrons. The van der Waals surface area contributed by atoms with Crippen LogP contribution in [0.1, 0.15) is 27.0 Å². The van der Waals surface area contributed by atoms with Crippen molar-refractivity contribution in [2.75, 3.05) is 0 Å². The number of rotatable bonds is 0. The summed E-state index contributed by atoms with van der Waals surface area (Å²) < 4.78 is 0. The summed E-state index contributed by atoms with van der Waals surface area (Å²) in [5, 5.41) is 1.21. The highest BCUT2D eigenvalue weighted by Crippen LogP contribution is 2.10. The van der Waals surface area contributed by atoms with Gasteiger partial charge in [-0.15, -0.1) is 0 Å². The van der Waals surface area contributed by atoms with Crippen molar-refractivity contribution < 1.29 is 0 Å². The zero-order chi connectivity index (χ0) is 9.68. The van der Waals surface area contributed by atoms with Crippen LogP contribution in [0.25, 0.3) is 10.9 Å². The number of pyridine rings is 1. The van der Waals surface area contributed by atoms with Crippen LogP contribution in [0.4, 0.5) is 0 Å². The molecular weight excluding hydrogens is 170 g/mol. The van der Waals surface area contributed by atoms with Crippen molar-refractivity contribution in [3.63, 3.8) is 0 Å². The Morgan fingerprint density at radius 3 is 2.29 bits per heavy atom. The maximum Gasteiger partial charge on any atom is 0.0705 e. The van der Waals surface area contributed by atoms with Crippen LogP contribution < -0.4 is 0 Å². The van der Waals surface area contributed by atoms with Crippen molar-refractivity contribution in [3.05, 3.63) is 42.1 Å². The van der Waals surface area contributed by atoms with Crippen LogP contribution in [0.5, 0.6) is 0 Å². The molecular formula is C13H19N. The van der Waals surface area contributed by atoms with Crippen molar-refractivity contribution in [3.8, 4) is 0 Å². The summed E-state index contributed by atoms with van der Waals surface area (Å²) >= 11 is 0. The van der Waals surface area contributed by atoms with Crippen molar-refractivity contribution in [2.45, 2.75) is 28.2 Å². The summed E-state index contributed by atoms with van der Waals surface area (Å²) in [5.41, 5.74) is 2.15. The minimum atomic E-state index is 0. The van der Waals surface area contributed by atoms with Crippen LogP contribution in [0.15, 0.2) is 36.4 Å². The number of fused-ring (bicyclic) bond motifs is 1. The van der Waals surface area contributed by atoms with Gasteiger partial charge in [0.15, 0.2) is 0 Å². The molecule has 0 saturated heterocycles. The van der Waals surface area contributed by atoms with Gasteiger partial charge >= 0.3 is 0 Å². The number of para-hydroxylation sites is 1. The quantitative estimate of drug-likeness (QED) is 0.605. The molecule has 0 atom stereocenters. The lowest BCUT2D eigenvalue weighted by molar-refractivity contribution is 1.26. The molecule has 0 aliphatic rings. The molecule has 2 rings (SSSR count). The zero-order valence-corrected chi connectivity index (χ0v) is 8.41. The second-order valence-electron chi connectivity index (χ2n) is 2.65. The molecule has 1 aromatic carbocycles. The third kappa shape index (κ3) is 2.84. The number of nitrogens with zero attached hydrogens (tertiary/aromatic N) is 1. The first-order chi connectivity index (χ1) is 6.36. The summed E-state index contributed by atoms with van der Waals surface area (Å²) in [4.78, 5) is 4.38. The Hall–Kier alpha value is -1.37. The summed E-state index contributed by atoms with van der Waals surface area (Å²) in [7, 11) is 0. The van der Waals surface area contributed by atoms with Gasteiger partial charge in [-0.2, -0.15) is 0 Å². The molecule has 0 N–H and O–H groups in total. The zero-order valence-electron chi connectivity index (χ0n) is 8.41. The van der Waals surface area contributed by atoms with E-state index in [1.165, 1.54) is 5.39 Å². The van der Waals surface area contributed by atoms with E-state index < -0.39 is 0 Å². The second kappa shape index (κ2) is 6.14. The smallest absolute Gasteiger partial charge is 0.0705 e. The molecule has 14 heavy (non-hydrogen) atoms. The van der Waals surface area contributed by atoms with Gasteiger partial charge < -0.3 is 0 Å². The molecule has 0 radical (unpaired) electrons. The van der Waals surface area contributed by atoms with Crippen LogP contribution in [0.2, 0.25) is 0 Å². The largest absolute Gasteiger partial charge is 0.253 e. The fourth-order valence-corrected chi connectivity index (χ4v) is 1.17.